The fourth-order valence-corrected chi connectivity index (χ4v) is 5.31. The van der Waals surface area contributed by atoms with E-state index in [9.17, 15) is 26.4 Å². The molecule has 6 rings (SSSR count). The Bertz CT molecular complexity index is 2140. The lowest BCUT2D eigenvalue weighted by atomic mass is 9.82. The first-order valence-electron chi connectivity index (χ1n) is 12.8. The number of hydrogen-bond acceptors (Lipinski definition) is 8. The van der Waals surface area contributed by atoms with Crippen molar-refractivity contribution in [2.75, 3.05) is 5.73 Å². The minimum atomic E-state index is 0.0160. The predicted molar refractivity (Wildman–Crippen MR) is 162 cm³/mol. The maximum Gasteiger partial charge on any atom is 0.136 e. The summed E-state index contributed by atoms with van der Waals surface area (Å²) >= 11 is 0. The van der Waals surface area contributed by atoms with Crippen LogP contribution in [0, 0.1) is 39.4 Å². The highest BCUT2D eigenvalue weighted by atomic mass is 16.4. The van der Waals surface area contributed by atoms with Crippen LogP contribution >= 0.6 is 0 Å². The molecular weight excluding hydrogens is 522 g/mol. The van der Waals surface area contributed by atoms with Crippen LogP contribution in [0.15, 0.2) is 90.1 Å². The summed E-state index contributed by atoms with van der Waals surface area (Å²) in [4.78, 5) is 5.04. The van der Waals surface area contributed by atoms with Crippen molar-refractivity contribution in [3.63, 3.8) is 0 Å². The number of nitrogens with zero attached hydrogens (tertiary/aromatic N) is 5. The fraction of sp³-hybridized carbons (Fsp3) is 0. The van der Waals surface area contributed by atoms with Crippen LogP contribution in [-0.2, 0) is 0 Å². The number of benzene rings is 4. The Morgan fingerprint density at radius 2 is 1.48 bits per heavy atom. The molecule has 42 heavy (non-hydrogen) atoms. The molecule has 0 saturated carbocycles. The van der Waals surface area contributed by atoms with E-state index in [0.717, 1.165) is 5.56 Å². The molecule has 4 aromatic carbocycles. The van der Waals surface area contributed by atoms with Gasteiger partial charge in [-0.25, -0.2) is 4.98 Å². The van der Waals surface area contributed by atoms with Crippen LogP contribution in [0.25, 0.3) is 44.9 Å². The van der Waals surface area contributed by atoms with Crippen LogP contribution in [0.2, 0.25) is 0 Å². The average Bonchev–Trinajstić information content (AvgIpc) is 3.03. The standard InChI is InChI=1S/C34H19N7O/c35-16-19-6-8-21(9-7-19)26-15-27-31(32(39)34(26)41-42)25-11-10-23(30-24(18-37)12-20(17-36)13-28(30)38)14-29(25)40-33(27)22-4-2-1-3-5-22/h1-15,39,42H,38H2/b39-32?,41-34-. The Balaban J connectivity index is 1.66. The van der Waals surface area contributed by atoms with E-state index in [0.29, 0.717) is 66.8 Å². The first-order valence-corrected chi connectivity index (χ1v) is 12.8. The number of pyridine rings is 1. The normalized spacial score (nSPS) is 13.1. The van der Waals surface area contributed by atoms with Crippen molar-refractivity contribution < 1.29 is 5.21 Å². The molecular formula is C34H19N7O. The summed E-state index contributed by atoms with van der Waals surface area (Å²) in [5.41, 5.74) is 13.3. The summed E-state index contributed by atoms with van der Waals surface area (Å²) in [6, 6.07) is 31.2. The van der Waals surface area contributed by atoms with Gasteiger partial charge < -0.3 is 10.9 Å². The van der Waals surface area contributed by atoms with E-state index in [1.807, 2.05) is 54.6 Å². The number of nitrogens with one attached hydrogen (secondary N) is 1. The summed E-state index contributed by atoms with van der Waals surface area (Å²) < 4.78 is 0. The molecule has 0 spiro atoms. The Labute approximate surface area is 240 Å². The van der Waals surface area contributed by atoms with E-state index in [4.69, 9.17) is 10.7 Å². The maximum atomic E-state index is 10.1. The molecule has 4 N–H and O–H groups in total. The Morgan fingerprint density at radius 1 is 0.762 bits per heavy atom. The molecule has 0 radical (unpaired) electrons. The van der Waals surface area contributed by atoms with Gasteiger partial charge in [-0.2, -0.15) is 15.8 Å². The third-order valence-electron chi connectivity index (χ3n) is 7.23. The van der Waals surface area contributed by atoms with Crippen LogP contribution < -0.4 is 5.73 Å². The molecule has 1 aliphatic rings. The summed E-state index contributed by atoms with van der Waals surface area (Å²) in [5, 5.41) is 51.8. The monoisotopic (exact) mass is 541 g/mol. The zero-order valence-electron chi connectivity index (χ0n) is 21.9. The molecule has 1 aromatic heterocycles. The molecule has 0 amide bonds. The van der Waals surface area contributed by atoms with Gasteiger partial charge in [-0.05, 0) is 47.5 Å². The Hall–Kier alpha value is -6.56. The molecule has 0 fully saturated rings. The smallest absolute Gasteiger partial charge is 0.136 e. The second-order valence-corrected chi connectivity index (χ2v) is 9.63. The summed E-state index contributed by atoms with van der Waals surface area (Å²) in [6.07, 6.45) is 1.86. The van der Waals surface area contributed by atoms with Gasteiger partial charge in [0, 0.05) is 38.9 Å². The van der Waals surface area contributed by atoms with Crippen molar-refractivity contribution in [3.05, 3.63) is 118 Å². The maximum absolute atomic E-state index is 10.1. The molecule has 1 aliphatic carbocycles. The Kier molecular flexibility index (Phi) is 6.24. The van der Waals surface area contributed by atoms with Crippen LogP contribution in [0.4, 0.5) is 5.69 Å². The lowest BCUT2D eigenvalue weighted by Crippen LogP contribution is -2.22. The van der Waals surface area contributed by atoms with E-state index in [1.165, 1.54) is 12.1 Å². The van der Waals surface area contributed by atoms with E-state index in [-0.39, 0.29) is 17.0 Å². The number of hydrogen-bond donors (Lipinski definition) is 3. The molecule has 1 heterocycles. The molecule has 8 nitrogen and oxygen atoms in total. The van der Waals surface area contributed by atoms with Crippen molar-refractivity contribution in [3.8, 4) is 40.6 Å². The second kappa shape index (κ2) is 10.2. The zero-order chi connectivity index (χ0) is 29.4. The average molecular weight is 542 g/mol. The van der Waals surface area contributed by atoms with Gasteiger partial charge in [0.05, 0.1) is 51.8 Å². The number of rotatable bonds is 3. The first kappa shape index (κ1) is 25.7. The second-order valence-electron chi connectivity index (χ2n) is 9.63. The Morgan fingerprint density at radius 3 is 2.14 bits per heavy atom. The molecule has 0 atom stereocenters. The SMILES string of the molecule is N#Cc1ccc(C2=Cc3c(-c4ccccc4)nc4cc(-c5c(N)cc(C#N)cc5C#N)ccc4c3C(=N)/C2=N\O)cc1. The molecule has 0 saturated heterocycles. The third kappa shape index (κ3) is 4.12. The van der Waals surface area contributed by atoms with Crippen LogP contribution in [0.1, 0.15) is 33.4 Å². The molecule has 0 bridgehead atoms. The van der Waals surface area contributed by atoms with Crippen molar-refractivity contribution in [2.45, 2.75) is 0 Å². The van der Waals surface area contributed by atoms with Crippen molar-refractivity contribution in [1.29, 1.82) is 21.2 Å². The van der Waals surface area contributed by atoms with Crippen molar-refractivity contribution in [1.82, 2.24) is 4.98 Å². The number of anilines is 1. The molecule has 0 aliphatic heterocycles. The van der Waals surface area contributed by atoms with Gasteiger partial charge in [-0.15, -0.1) is 0 Å². The molecule has 8 heteroatoms. The van der Waals surface area contributed by atoms with Crippen molar-refractivity contribution in [2.24, 2.45) is 5.16 Å². The van der Waals surface area contributed by atoms with Crippen LogP contribution in [0.5, 0.6) is 0 Å². The highest BCUT2D eigenvalue weighted by Crippen LogP contribution is 2.40. The van der Waals surface area contributed by atoms with E-state index >= 15 is 0 Å². The van der Waals surface area contributed by atoms with Crippen molar-refractivity contribution >= 4 is 39.7 Å². The minimum Gasteiger partial charge on any atom is -0.410 e. The van der Waals surface area contributed by atoms with Gasteiger partial charge in [0.1, 0.15) is 5.71 Å². The van der Waals surface area contributed by atoms with Gasteiger partial charge >= 0.3 is 0 Å². The number of nitriles is 3. The molecule has 196 valence electrons. The summed E-state index contributed by atoms with van der Waals surface area (Å²) in [5.74, 6) is 0. The number of aromatic nitrogens is 1. The largest absolute Gasteiger partial charge is 0.410 e. The van der Waals surface area contributed by atoms with Crippen LogP contribution in [-0.4, -0.2) is 21.6 Å². The lowest BCUT2D eigenvalue weighted by Gasteiger charge is -2.23. The van der Waals surface area contributed by atoms with Gasteiger partial charge in [-0.3, -0.25) is 5.41 Å². The summed E-state index contributed by atoms with van der Waals surface area (Å²) in [6.45, 7) is 0. The highest BCUT2D eigenvalue weighted by molar-refractivity contribution is 6.65. The number of fused-ring (bicyclic) bond motifs is 3. The van der Waals surface area contributed by atoms with Gasteiger partial charge in [-0.1, -0.05) is 59.8 Å². The van der Waals surface area contributed by atoms with E-state index < -0.39 is 0 Å². The highest BCUT2D eigenvalue weighted by Gasteiger charge is 2.29. The van der Waals surface area contributed by atoms with E-state index in [1.54, 1.807) is 30.3 Å². The minimum absolute atomic E-state index is 0.0160. The number of nitrogens with two attached hydrogens (primary N) is 1. The van der Waals surface area contributed by atoms with E-state index in [2.05, 4.69) is 17.3 Å². The zero-order valence-corrected chi connectivity index (χ0v) is 21.9. The van der Waals surface area contributed by atoms with Gasteiger partial charge in [0.25, 0.3) is 0 Å². The quantitative estimate of drug-likeness (QED) is 0.134. The number of nitrogen functional groups attached to an aromatic ring is 1. The lowest BCUT2D eigenvalue weighted by molar-refractivity contribution is 0.321. The first-order chi connectivity index (χ1) is 20.5. The number of oxime groups is 1. The molecule has 5 aromatic rings. The summed E-state index contributed by atoms with van der Waals surface area (Å²) in [7, 11) is 0. The third-order valence-corrected chi connectivity index (χ3v) is 7.23. The van der Waals surface area contributed by atoms with Crippen LogP contribution in [0.3, 0.4) is 0 Å². The predicted octanol–water partition coefficient (Wildman–Crippen LogP) is 6.52. The van der Waals surface area contributed by atoms with Gasteiger partial charge in [0.2, 0.25) is 0 Å². The fourth-order valence-electron chi connectivity index (χ4n) is 5.31. The van der Waals surface area contributed by atoms with Gasteiger partial charge in [0.15, 0.2) is 0 Å². The topological polar surface area (TPSA) is 167 Å². The molecule has 0 unspecified atom stereocenters. The number of allylic oxidation sites excluding steroid dienone is 1.